The maximum atomic E-state index is 6.08. The highest BCUT2D eigenvalue weighted by atomic mass is 127. The van der Waals surface area contributed by atoms with Gasteiger partial charge in [-0.2, -0.15) is 0 Å². The standard InChI is InChI=1S/C18H23Cl2N5O.HI/c1-21-18(24-10-14-7-15(19)17(20)25(14)2)23-9-13-5-6-16(22-8-13)26-11-12-3-4-12;/h5-8,12H,3-4,9-11H2,1-2H3,(H2,21,23,24);1H. The molecule has 0 bridgehead atoms. The lowest BCUT2D eigenvalue weighted by atomic mass is 10.3. The summed E-state index contributed by atoms with van der Waals surface area (Å²) in [6.45, 7) is 1.95. The van der Waals surface area contributed by atoms with E-state index in [1.807, 2.05) is 36.0 Å². The largest absolute Gasteiger partial charge is 0.477 e. The van der Waals surface area contributed by atoms with Crippen LogP contribution >= 0.6 is 47.2 Å². The Morgan fingerprint density at radius 2 is 2.04 bits per heavy atom. The molecule has 0 aromatic carbocycles. The van der Waals surface area contributed by atoms with Crippen molar-refractivity contribution in [1.29, 1.82) is 0 Å². The Kier molecular flexibility index (Phi) is 8.50. The first-order valence-corrected chi connectivity index (χ1v) is 9.34. The van der Waals surface area contributed by atoms with E-state index < -0.39 is 0 Å². The molecule has 2 heterocycles. The van der Waals surface area contributed by atoms with E-state index in [0.717, 1.165) is 23.8 Å². The van der Waals surface area contributed by atoms with Crippen LogP contribution in [0.3, 0.4) is 0 Å². The van der Waals surface area contributed by atoms with Crippen molar-refractivity contribution < 1.29 is 4.74 Å². The molecule has 0 amide bonds. The Balaban J connectivity index is 0.00000261. The summed E-state index contributed by atoms with van der Waals surface area (Å²) < 4.78 is 7.49. The molecular formula is C18H24Cl2IN5O. The molecule has 27 heavy (non-hydrogen) atoms. The zero-order chi connectivity index (χ0) is 18.5. The highest BCUT2D eigenvalue weighted by molar-refractivity contribution is 14.0. The molecule has 0 radical (unpaired) electrons. The number of aromatic nitrogens is 2. The molecule has 3 rings (SSSR count). The van der Waals surface area contributed by atoms with Gasteiger partial charge in [-0.3, -0.25) is 4.99 Å². The molecule has 1 aliphatic rings. The third-order valence-electron chi connectivity index (χ3n) is 4.30. The van der Waals surface area contributed by atoms with Gasteiger partial charge in [0.15, 0.2) is 5.96 Å². The summed E-state index contributed by atoms with van der Waals surface area (Å²) >= 11 is 12.1. The third kappa shape index (κ3) is 6.43. The maximum absolute atomic E-state index is 6.08. The normalized spacial score (nSPS) is 13.9. The second-order valence-corrected chi connectivity index (χ2v) is 7.14. The van der Waals surface area contributed by atoms with Crippen molar-refractivity contribution in [3.8, 4) is 5.88 Å². The van der Waals surface area contributed by atoms with Gasteiger partial charge in [-0.05, 0) is 30.4 Å². The van der Waals surface area contributed by atoms with Gasteiger partial charge in [0.1, 0.15) is 5.15 Å². The minimum Gasteiger partial charge on any atom is -0.477 e. The second kappa shape index (κ2) is 10.4. The number of aliphatic imine (C=N–C) groups is 1. The molecule has 9 heteroatoms. The van der Waals surface area contributed by atoms with Crippen molar-refractivity contribution in [2.24, 2.45) is 18.0 Å². The third-order valence-corrected chi connectivity index (χ3v) is 5.14. The molecule has 6 nitrogen and oxygen atoms in total. The number of ether oxygens (including phenoxy) is 1. The highest BCUT2D eigenvalue weighted by Crippen LogP contribution is 2.29. The van der Waals surface area contributed by atoms with Crippen LogP contribution in [0.25, 0.3) is 0 Å². The predicted octanol–water partition coefficient (Wildman–Crippen LogP) is 4.00. The average molecular weight is 524 g/mol. The van der Waals surface area contributed by atoms with Gasteiger partial charge in [0, 0.05) is 38.6 Å². The first-order chi connectivity index (χ1) is 12.6. The zero-order valence-electron chi connectivity index (χ0n) is 15.3. The van der Waals surface area contributed by atoms with Gasteiger partial charge in [-0.15, -0.1) is 24.0 Å². The van der Waals surface area contributed by atoms with Crippen molar-refractivity contribution in [1.82, 2.24) is 20.2 Å². The molecule has 0 saturated heterocycles. The Hall–Kier alpha value is -1.19. The Bertz CT molecular complexity index is 775. The van der Waals surface area contributed by atoms with E-state index in [4.69, 9.17) is 27.9 Å². The summed E-state index contributed by atoms with van der Waals surface area (Å²) in [5, 5.41) is 7.58. The molecule has 148 valence electrons. The van der Waals surface area contributed by atoms with Gasteiger partial charge in [-0.1, -0.05) is 29.3 Å². The van der Waals surface area contributed by atoms with Crippen molar-refractivity contribution in [2.75, 3.05) is 13.7 Å². The van der Waals surface area contributed by atoms with Gasteiger partial charge in [0.05, 0.1) is 18.2 Å². The lowest BCUT2D eigenvalue weighted by molar-refractivity contribution is 0.288. The number of rotatable bonds is 7. The first kappa shape index (κ1) is 22.1. The second-order valence-electron chi connectivity index (χ2n) is 6.37. The molecule has 0 unspecified atom stereocenters. The first-order valence-electron chi connectivity index (χ1n) is 8.58. The number of pyridine rings is 1. The fraction of sp³-hybridized carbons (Fsp3) is 0.444. The molecule has 2 aromatic heterocycles. The smallest absolute Gasteiger partial charge is 0.213 e. The summed E-state index contributed by atoms with van der Waals surface area (Å²) in [4.78, 5) is 8.57. The van der Waals surface area contributed by atoms with E-state index in [-0.39, 0.29) is 24.0 Å². The van der Waals surface area contributed by atoms with Crippen LogP contribution in [-0.4, -0.2) is 29.2 Å². The minimum atomic E-state index is 0. The van der Waals surface area contributed by atoms with Crippen molar-refractivity contribution >= 4 is 53.1 Å². The lowest BCUT2D eigenvalue weighted by Gasteiger charge is -2.12. The molecule has 0 aliphatic heterocycles. The average Bonchev–Trinajstić information content (AvgIpc) is 3.45. The number of nitrogens with zero attached hydrogens (tertiary/aromatic N) is 3. The van der Waals surface area contributed by atoms with Gasteiger partial charge < -0.3 is 19.9 Å². The van der Waals surface area contributed by atoms with Crippen LogP contribution in [0, 0.1) is 5.92 Å². The van der Waals surface area contributed by atoms with Crippen LogP contribution in [0.2, 0.25) is 10.2 Å². The molecule has 2 aromatic rings. The summed E-state index contributed by atoms with van der Waals surface area (Å²) in [5.74, 6) is 2.09. The maximum Gasteiger partial charge on any atom is 0.213 e. The summed E-state index contributed by atoms with van der Waals surface area (Å²) in [5.41, 5.74) is 2.03. The number of hydrogen-bond donors (Lipinski definition) is 2. The van der Waals surface area contributed by atoms with Crippen LogP contribution < -0.4 is 15.4 Å². The topological polar surface area (TPSA) is 63.5 Å². The monoisotopic (exact) mass is 523 g/mol. The number of nitrogens with one attached hydrogen (secondary N) is 2. The van der Waals surface area contributed by atoms with Crippen LogP contribution in [-0.2, 0) is 20.1 Å². The Morgan fingerprint density at radius 1 is 1.30 bits per heavy atom. The fourth-order valence-electron chi connectivity index (χ4n) is 2.43. The van der Waals surface area contributed by atoms with E-state index in [2.05, 4.69) is 20.6 Å². The van der Waals surface area contributed by atoms with E-state index in [1.165, 1.54) is 12.8 Å². The van der Waals surface area contributed by atoms with Gasteiger partial charge in [0.2, 0.25) is 5.88 Å². The van der Waals surface area contributed by atoms with E-state index in [9.17, 15) is 0 Å². The van der Waals surface area contributed by atoms with Crippen LogP contribution in [0.5, 0.6) is 5.88 Å². The zero-order valence-corrected chi connectivity index (χ0v) is 19.2. The number of halogens is 3. The van der Waals surface area contributed by atoms with E-state index >= 15 is 0 Å². The molecular weight excluding hydrogens is 500 g/mol. The van der Waals surface area contributed by atoms with Gasteiger partial charge >= 0.3 is 0 Å². The molecule has 1 fully saturated rings. The Morgan fingerprint density at radius 3 is 2.59 bits per heavy atom. The van der Waals surface area contributed by atoms with Gasteiger partial charge in [0.25, 0.3) is 0 Å². The summed E-state index contributed by atoms with van der Waals surface area (Å²) in [6, 6.07) is 5.75. The fourth-order valence-corrected chi connectivity index (χ4v) is 2.84. The molecule has 1 saturated carbocycles. The number of hydrogen-bond acceptors (Lipinski definition) is 3. The molecule has 1 aliphatic carbocycles. The summed E-state index contributed by atoms with van der Waals surface area (Å²) in [7, 11) is 3.60. The predicted molar refractivity (Wildman–Crippen MR) is 120 cm³/mol. The highest BCUT2D eigenvalue weighted by Gasteiger charge is 2.22. The summed E-state index contributed by atoms with van der Waals surface area (Å²) in [6.07, 6.45) is 4.36. The van der Waals surface area contributed by atoms with Crippen LogP contribution in [0.1, 0.15) is 24.1 Å². The SMILES string of the molecule is CN=C(NCc1ccc(OCC2CC2)nc1)NCc1cc(Cl)c(Cl)n1C.I. The van der Waals surface area contributed by atoms with Crippen LogP contribution in [0.4, 0.5) is 0 Å². The minimum absolute atomic E-state index is 0. The number of guanidine groups is 1. The van der Waals surface area contributed by atoms with E-state index in [1.54, 1.807) is 7.05 Å². The lowest BCUT2D eigenvalue weighted by Crippen LogP contribution is -2.36. The van der Waals surface area contributed by atoms with Crippen LogP contribution in [0.15, 0.2) is 29.4 Å². The Labute approximate surface area is 186 Å². The molecule has 0 atom stereocenters. The van der Waals surface area contributed by atoms with Gasteiger partial charge in [-0.25, -0.2) is 4.98 Å². The van der Waals surface area contributed by atoms with Crippen molar-refractivity contribution in [3.05, 3.63) is 45.8 Å². The van der Waals surface area contributed by atoms with Crippen molar-refractivity contribution in [2.45, 2.75) is 25.9 Å². The molecule has 0 spiro atoms. The van der Waals surface area contributed by atoms with E-state index in [0.29, 0.717) is 35.1 Å². The quantitative estimate of drug-likeness (QED) is 0.327. The van der Waals surface area contributed by atoms with Crippen molar-refractivity contribution in [3.63, 3.8) is 0 Å². The molecule has 2 N–H and O–H groups in total.